The first-order valence-corrected chi connectivity index (χ1v) is 13.6. The molecule has 8 aromatic rings. The van der Waals surface area contributed by atoms with Gasteiger partial charge >= 0.3 is 0 Å². The highest BCUT2D eigenvalue weighted by Gasteiger charge is 2.18. The Balaban J connectivity index is 1.40. The summed E-state index contributed by atoms with van der Waals surface area (Å²) in [6.45, 7) is 0. The van der Waals surface area contributed by atoms with Crippen molar-refractivity contribution < 1.29 is 8.83 Å². The van der Waals surface area contributed by atoms with Gasteiger partial charge in [-0.05, 0) is 82.9 Å². The van der Waals surface area contributed by atoms with Crippen LogP contribution in [-0.2, 0) is 0 Å². The third kappa shape index (κ3) is 3.68. The zero-order chi connectivity index (χ0) is 28.2. The molecule has 0 amide bonds. The zero-order valence-corrected chi connectivity index (χ0v) is 22.3. The summed E-state index contributed by atoms with van der Waals surface area (Å²) in [5, 5.41) is 23.9. The number of hydrogen-bond donors (Lipinski definition) is 0. The predicted octanol–water partition coefficient (Wildman–Crippen LogP) is 10.2. The van der Waals surface area contributed by atoms with Crippen molar-refractivity contribution in [2.75, 3.05) is 0 Å². The van der Waals surface area contributed by atoms with Gasteiger partial charge in [0.15, 0.2) is 0 Å². The van der Waals surface area contributed by atoms with E-state index in [0.717, 1.165) is 77.3 Å². The lowest BCUT2D eigenvalue weighted by Crippen LogP contribution is -1.93. The van der Waals surface area contributed by atoms with Crippen LogP contribution < -0.4 is 0 Å². The molecule has 42 heavy (non-hydrogen) atoms. The molecular weight excluding hydrogens is 516 g/mol. The molecule has 194 valence electrons. The Morgan fingerprint density at radius 3 is 1.71 bits per heavy atom. The van der Waals surface area contributed by atoms with E-state index in [1.807, 2.05) is 78.9 Å². The van der Waals surface area contributed by atoms with Gasteiger partial charge in [0.25, 0.3) is 0 Å². The van der Waals surface area contributed by atoms with Crippen LogP contribution in [0.15, 0.2) is 130 Å². The fraction of sp³-hybridized carbons (Fsp3) is 0. The molecule has 0 saturated carbocycles. The molecule has 0 aliphatic rings. The molecule has 4 heteroatoms. The number of rotatable bonds is 3. The molecule has 0 unspecified atom stereocenters. The predicted molar refractivity (Wildman–Crippen MR) is 167 cm³/mol. The van der Waals surface area contributed by atoms with E-state index in [1.165, 1.54) is 0 Å². The molecule has 8 rings (SSSR count). The monoisotopic (exact) mass is 536 g/mol. The van der Waals surface area contributed by atoms with Gasteiger partial charge in [0.1, 0.15) is 28.4 Å². The third-order valence-corrected chi connectivity index (χ3v) is 7.95. The van der Waals surface area contributed by atoms with Gasteiger partial charge in [-0.25, -0.2) is 0 Å². The standard InChI is InChI=1S/C38H20N2O2/c39-21-23-10-13-36-31(16-23)33-18-26(12-15-38(33)42-36)30-20-27(19-29(34(30)22-40)24-6-2-1-3-7-24)25-11-14-37-32(17-25)28-8-4-5-9-35(28)41-37/h1-20H. The minimum absolute atomic E-state index is 0.573. The van der Waals surface area contributed by atoms with Crippen LogP contribution in [0.5, 0.6) is 0 Å². The van der Waals surface area contributed by atoms with Gasteiger partial charge in [-0.2, -0.15) is 10.5 Å². The van der Waals surface area contributed by atoms with Crippen LogP contribution in [0.1, 0.15) is 11.1 Å². The Bertz CT molecular complexity index is 2430. The van der Waals surface area contributed by atoms with Gasteiger partial charge in [-0.15, -0.1) is 0 Å². The highest BCUT2D eigenvalue weighted by molar-refractivity contribution is 6.08. The number of fused-ring (bicyclic) bond motifs is 6. The number of furan rings is 2. The second-order valence-corrected chi connectivity index (χ2v) is 10.4. The Morgan fingerprint density at radius 1 is 0.405 bits per heavy atom. The molecule has 0 fully saturated rings. The Kier molecular flexibility index (Phi) is 5.22. The molecule has 0 N–H and O–H groups in total. The number of nitrogens with zero attached hydrogens (tertiary/aromatic N) is 2. The molecule has 0 radical (unpaired) electrons. The maximum Gasteiger partial charge on any atom is 0.135 e. The summed E-state index contributed by atoms with van der Waals surface area (Å²) >= 11 is 0. The van der Waals surface area contributed by atoms with Gasteiger partial charge < -0.3 is 8.83 Å². The quantitative estimate of drug-likeness (QED) is 0.225. The first kappa shape index (κ1) is 23.8. The molecule has 0 aliphatic heterocycles. The van der Waals surface area contributed by atoms with Crippen LogP contribution in [0.25, 0.3) is 77.3 Å². The van der Waals surface area contributed by atoms with Crippen LogP contribution in [0, 0.1) is 22.7 Å². The van der Waals surface area contributed by atoms with Crippen LogP contribution in [0.4, 0.5) is 0 Å². The van der Waals surface area contributed by atoms with E-state index in [2.05, 4.69) is 48.5 Å². The molecule has 2 aromatic heterocycles. The van der Waals surface area contributed by atoms with E-state index in [1.54, 1.807) is 6.07 Å². The fourth-order valence-electron chi connectivity index (χ4n) is 5.92. The topological polar surface area (TPSA) is 73.9 Å². The van der Waals surface area contributed by atoms with E-state index < -0.39 is 0 Å². The molecule has 4 nitrogen and oxygen atoms in total. The molecular formula is C38H20N2O2. The fourth-order valence-corrected chi connectivity index (χ4v) is 5.92. The minimum Gasteiger partial charge on any atom is -0.456 e. The SMILES string of the molecule is N#Cc1ccc2oc3ccc(-c4cc(-c5ccc6oc7ccccc7c6c5)cc(-c5ccccc5)c4C#N)cc3c2c1. The number of hydrogen-bond acceptors (Lipinski definition) is 4. The normalized spacial score (nSPS) is 11.3. The highest BCUT2D eigenvalue weighted by Crippen LogP contribution is 2.40. The number of nitriles is 2. The summed E-state index contributed by atoms with van der Waals surface area (Å²) in [5.74, 6) is 0. The Hall–Kier alpha value is -6.10. The average Bonchev–Trinajstić information content (AvgIpc) is 3.61. The molecule has 0 atom stereocenters. The maximum absolute atomic E-state index is 10.5. The van der Waals surface area contributed by atoms with Crippen LogP contribution in [-0.4, -0.2) is 0 Å². The van der Waals surface area contributed by atoms with E-state index in [-0.39, 0.29) is 0 Å². The molecule has 0 saturated heterocycles. The Morgan fingerprint density at radius 2 is 0.976 bits per heavy atom. The summed E-state index contributed by atoms with van der Waals surface area (Å²) in [6, 6.07) is 44.7. The first-order chi connectivity index (χ1) is 20.7. The molecule has 2 heterocycles. The second-order valence-electron chi connectivity index (χ2n) is 10.4. The van der Waals surface area contributed by atoms with Crippen LogP contribution in [0.3, 0.4) is 0 Å². The van der Waals surface area contributed by atoms with E-state index >= 15 is 0 Å². The Labute approximate surface area is 240 Å². The van der Waals surface area contributed by atoms with Gasteiger partial charge in [0.05, 0.1) is 17.2 Å². The lowest BCUT2D eigenvalue weighted by molar-refractivity contribution is 0.668. The van der Waals surface area contributed by atoms with Crippen molar-refractivity contribution in [1.29, 1.82) is 10.5 Å². The van der Waals surface area contributed by atoms with Crippen molar-refractivity contribution >= 4 is 43.9 Å². The van der Waals surface area contributed by atoms with E-state index in [9.17, 15) is 10.5 Å². The summed E-state index contributed by atoms with van der Waals surface area (Å²) in [7, 11) is 0. The van der Waals surface area contributed by atoms with Gasteiger partial charge in [-0.1, -0.05) is 60.7 Å². The van der Waals surface area contributed by atoms with Gasteiger partial charge in [0, 0.05) is 32.7 Å². The number of para-hydroxylation sites is 1. The largest absolute Gasteiger partial charge is 0.456 e. The van der Waals surface area contributed by atoms with Crippen LogP contribution >= 0.6 is 0 Å². The van der Waals surface area contributed by atoms with Gasteiger partial charge in [0.2, 0.25) is 0 Å². The van der Waals surface area contributed by atoms with Crippen molar-refractivity contribution in [3.63, 3.8) is 0 Å². The van der Waals surface area contributed by atoms with Crippen molar-refractivity contribution in [2.45, 2.75) is 0 Å². The van der Waals surface area contributed by atoms with Crippen molar-refractivity contribution in [3.8, 4) is 45.5 Å². The lowest BCUT2D eigenvalue weighted by atomic mass is 9.88. The van der Waals surface area contributed by atoms with E-state index in [4.69, 9.17) is 8.83 Å². The summed E-state index contributed by atoms with van der Waals surface area (Å²) in [4.78, 5) is 0. The third-order valence-electron chi connectivity index (χ3n) is 7.95. The minimum atomic E-state index is 0.573. The molecule has 0 aliphatic carbocycles. The van der Waals surface area contributed by atoms with Gasteiger partial charge in [-0.3, -0.25) is 0 Å². The summed E-state index contributed by atoms with van der Waals surface area (Å²) in [6.07, 6.45) is 0. The first-order valence-electron chi connectivity index (χ1n) is 13.6. The lowest BCUT2D eigenvalue weighted by Gasteiger charge is -2.14. The van der Waals surface area contributed by atoms with Crippen LogP contribution in [0.2, 0.25) is 0 Å². The highest BCUT2D eigenvalue weighted by atomic mass is 16.3. The number of benzene rings is 6. The average molecular weight is 537 g/mol. The molecule has 6 aromatic carbocycles. The maximum atomic E-state index is 10.5. The second kappa shape index (κ2) is 9.24. The zero-order valence-electron chi connectivity index (χ0n) is 22.3. The van der Waals surface area contributed by atoms with Crippen molar-refractivity contribution in [1.82, 2.24) is 0 Å². The molecule has 0 bridgehead atoms. The van der Waals surface area contributed by atoms with Crippen molar-refractivity contribution in [3.05, 3.63) is 132 Å². The smallest absolute Gasteiger partial charge is 0.135 e. The summed E-state index contributed by atoms with van der Waals surface area (Å²) < 4.78 is 12.1. The van der Waals surface area contributed by atoms with Crippen molar-refractivity contribution in [2.24, 2.45) is 0 Å². The summed E-state index contributed by atoms with van der Waals surface area (Å²) in [5.41, 5.74) is 9.93. The molecule has 0 spiro atoms. The van der Waals surface area contributed by atoms with E-state index in [0.29, 0.717) is 11.1 Å².